The molecule has 0 unspecified atom stereocenters. The van der Waals surface area contributed by atoms with E-state index in [2.05, 4.69) is 34.7 Å². The summed E-state index contributed by atoms with van der Waals surface area (Å²) in [6.07, 6.45) is 3.08. The van der Waals surface area contributed by atoms with Crippen LogP contribution in [0.5, 0.6) is 0 Å². The van der Waals surface area contributed by atoms with Crippen LogP contribution in [-0.4, -0.2) is 11.5 Å². The quantitative estimate of drug-likeness (QED) is 0.516. The lowest BCUT2D eigenvalue weighted by Gasteiger charge is -2.01. The van der Waals surface area contributed by atoms with Crippen LogP contribution in [0.15, 0.2) is 71.3 Å². The third-order valence-corrected chi connectivity index (χ3v) is 4.44. The van der Waals surface area contributed by atoms with Crippen LogP contribution in [0.25, 0.3) is 22.2 Å². The highest BCUT2D eigenvalue weighted by Gasteiger charge is 2.10. The smallest absolute Gasteiger partial charge is 0.158 e. The van der Waals surface area contributed by atoms with E-state index >= 15 is 0 Å². The summed E-state index contributed by atoms with van der Waals surface area (Å²) in [5.74, 6) is 1.18. The fourth-order valence-corrected chi connectivity index (χ4v) is 3.13. The monoisotopic (exact) mass is 335 g/mol. The maximum atomic E-state index is 13.8. The Morgan fingerprint density at radius 3 is 2.72 bits per heavy atom. The maximum Gasteiger partial charge on any atom is 0.158 e. The van der Waals surface area contributed by atoms with Crippen molar-refractivity contribution < 1.29 is 14.1 Å². The zero-order valence-corrected chi connectivity index (χ0v) is 13.8. The Morgan fingerprint density at radius 1 is 0.960 bits per heavy atom. The largest absolute Gasteiger partial charge is 0.455 e. The summed E-state index contributed by atoms with van der Waals surface area (Å²) in [6.45, 7) is 1.72. The van der Waals surface area contributed by atoms with Crippen molar-refractivity contribution in [2.24, 2.45) is 0 Å². The number of rotatable bonds is 6. The molecule has 0 fully saturated rings. The number of halogens is 1. The zero-order valence-electron chi connectivity index (χ0n) is 13.8. The lowest BCUT2D eigenvalue weighted by molar-refractivity contribution is -0.671. The first-order valence-corrected chi connectivity index (χ1v) is 8.51. The van der Waals surface area contributed by atoms with Gasteiger partial charge in [-0.2, -0.15) is 0 Å². The summed E-state index contributed by atoms with van der Waals surface area (Å²) in [6, 6.07) is 18.8. The molecule has 3 nitrogen and oxygen atoms in total. The summed E-state index contributed by atoms with van der Waals surface area (Å²) in [5.41, 5.74) is 3.02. The van der Waals surface area contributed by atoms with Crippen LogP contribution < -0.4 is 5.32 Å². The molecule has 126 valence electrons. The van der Waals surface area contributed by atoms with Crippen LogP contribution in [0.4, 0.5) is 4.39 Å². The van der Waals surface area contributed by atoms with E-state index in [1.165, 1.54) is 22.5 Å². The van der Waals surface area contributed by atoms with E-state index in [-0.39, 0.29) is 5.82 Å². The van der Waals surface area contributed by atoms with Crippen LogP contribution in [0.1, 0.15) is 11.3 Å². The highest BCUT2D eigenvalue weighted by atomic mass is 19.1. The molecule has 0 bridgehead atoms. The molecule has 2 aromatic carbocycles. The topological polar surface area (TPSA) is 45.5 Å². The van der Waals surface area contributed by atoms with Crippen molar-refractivity contribution in [3.05, 3.63) is 84.0 Å². The van der Waals surface area contributed by atoms with Gasteiger partial charge >= 0.3 is 0 Å². The summed E-state index contributed by atoms with van der Waals surface area (Å²) in [5, 5.41) is 3.50. The van der Waals surface area contributed by atoms with Gasteiger partial charge in [-0.15, -0.1) is 0 Å². The second-order valence-corrected chi connectivity index (χ2v) is 6.14. The Kier molecular flexibility index (Phi) is 4.36. The van der Waals surface area contributed by atoms with Crippen molar-refractivity contribution in [1.82, 2.24) is 4.98 Å². The molecular formula is C21H20FN2O+. The maximum absolute atomic E-state index is 13.8. The Labute approximate surface area is 145 Å². The molecule has 0 saturated heterocycles. The second-order valence-electron chi connectivity index (χ2n) is 6.14. The van der Waals surface area contributed by atoms with Gasteiger partial charge < -0.3 is 14.7 Å². The highest BCUT2D eigenvalue weighted by Crippen LogP contribution is 2.24. The number of aromatic amines is 1. The Balaban J connectivity index is 1.34. The van der Waals surface area contributed by atoms with Crippen molar-refractivity contribution in [3.63, 3.8) is 0 Å². The number of nitrogens with one attached hydrogen (secondary N) is 1. The molecule has 4 rings (SSSR count). The van der Waals surface area contributed by atoms with Crippen LogP contribution >= 0.6 is 0 Å². The molecule has 0 radical (unpaired) electrons. The van der Waals surface area contributed by atoms with Gasteiger partial charge in [-0.05, 0) is 35.9 Å². The first-order valence-electron chi connectivity index (χ1n) is 8.51. The predicted octanol–water partition coefficient (Wildman–Crippen LogP) is 3.87. The van der Waals surface area contributed by atoms with Gasteiger partial charge in [0, 0.05) is 23.5 Å². The van der Waals surface area contributed by atoms with Gasteiger partial charge in [0.2, 0.25) is 0 Å². The van der Waals surface area contributed by atoms with E-state index in [0.717, 1.165) is 25.3 Å². The van der Waals surface area contributed by atoms with Gasteiger partial charge in [-0.1, -0.05) is 30.3 Å². The highest BCUT2D eigenvalue weighted by molar-refractivity contribution is 5.83. The molecular weight excluding hydrogens is 315 g/mol. The average molecular weight is 335 g/mol. The first-order chi connectivity index (χ1) is 12.3. The molecule has 25 heavy (non-hydrogen) atoms. The molecule has 0 atom stereocenters. The normalized spacial score (nSPS) is 11.2. The van der Waals surface area contributed by atoms with Gasteiger partial charge in [0.15, 0.2) is 5.76 Å². The van der Waals surface area contributed by atoms with Gasteiger partial charge in [0.05, 0.1) is 12.1 Å². The predicted molar refractivity (Wildman–Crippen MR) is 96.6 cm³/mol. The SMILES string of the molecule is Fc1ccccc1-c1ccc(C[NH2+]CCc2c[nH]c3ccccc23)o1. The first kappa shape index (κ1) is 15.7. The second kappa shape index (κ2) is 6.95. The van der Waals surface area contributed by atoms with Gasteiger partial charge in [0.1, 0.15) is 18.1 Å². The number of hydrogen-bond donors (Lipinski definition) is 2. The molecule has 0 aliphatic carbocycles. The van der Waals surface area contributed by atoms with E-state index in [0.29, 0.717) is 11.3 Å². The zero-order chi connectivity index (χ0) is 17.1. The minimum atomic E-state index is -0.258. The van der Waals surface area contributed by atoms with Gasteiger partial charge in [-0.3, -0.25) is 0 Å². The standard InChI is InChI=1S/C21H19FN2O/c22-19-7-3-1-6-18(19)21-10-9-16(25-21)14-23-12-11-15-13-24-20-8-4-2-5-17(15)20/h1-10,13,23-24H,11-12,14H2/p+1. The number of nitrogens with two attached hydrogens (primary N) is 1. The summed E-state index contributed by atoms with van der Waals surface area (Å²) >= 11 is 0. The molecule has 2 heterocycles. The van der Waals surface area contributed by atoms with Crippen LogP contribution in [0.3, 0.4) is 0 Å². The molecule has 4 aromatic rings. The van der Waals surface area contributed by atoms with E-state index in [9.17, 15) is 4.39 Å². The number of fused-ring (bicyclic) bond motifs is 1. The lowest BCUT2D eigenvalue weighted by Crippen LogP contribution is -2.83. The number of H-pyrrole nitrogens is 1. The minimum Gasteiger partial charge on any atom is -0.455 e. The fourth-order valence-electron chi connectivity index (χ4n) is 3.13. The number of furan rings is 1. The molecule has 2 aromatic heterocycles. The Hall–Kier alpha value is -2.85. The molecule has 0 aliphatic heterocycles. The summed E-state index contributed by atoms with van der Waals surface area (Å²) in [7, 11) is 0. The molecule has 0 aliphatic rings. The van der Waals surface area contributed by atoms with Crippen LogP contribution in [0, 0.1) is 5.82 Å². The van der Waals surface area contributed by atoms with Crippen LogP contribution in [-0.2, 0) is 13.0 Å². The number of aromatic nitrogens is 1. The minimum absolute atomic E-state index is 0.258. The molecule has 0 saturated carbocycles. The number of hydrogen-bond acceptors (Lipinski definition) is 1. The molecule has 4 heteroatoms. The average Bonchev–Trinajstić information content (AvgIpc) is 3.26. The van der Waals surface area contributed by atoms with E-state index in [1.54, 1.807) is 12.1 Å². The van der Waals surface area contributed by atoms with Crippen LogP contribution in [0.2, 0.25) is 0 Å². The number of para-hydroxylation sites is 1. The van der Waals surface area contributed by atoms with Crippen molar-refractivity contribution in [1.29, 1.82) is 0 Å². The van der Waals surface area contributed by atoms with Crippen molar-refractivity contribution in [3.8, 4) is 11.3 Å². The summed E-state index contributed by atoms with van der Waals surface area (Å²) in [4.78, 5) is 3.31. The molecule has 0 spiro atoms. The lowest BCUT2D eigenvalue weighted by atomic mass is 10.1. The van der Waals surface area contributed by atoms with E-state index in [4.69, 9.17) is 4.42 Å². The van der Waals surface area contributed by atoms with Crippen molar-refractivity contribution >= 4 is 10.9 Å². The van der Waals surface area contributed by atoms with Crippen molar-refractivity contribution in [2.75, 3.05) is 6.54 Å². The van der Waals surface area contributed by atoms with Gasteiger partial charge in [0.25, 0.3) is 0 Å². The van der Waals surface area contributed by atoms with E-state index in [1.807, 2.05) is 24.3 Å². The summed E-state index contributed by atoms with van der Waals surface area (Å²) < 4.78 is 19.6. The van der Waals surface area contributed by atoms with Gasteiger partial charge in [-0.25, -0.2) is 4.39 Å². The Morgan fingerprint density at radius 2 is 1.80 bits per heavy atom. The fraction of sp³-hybridized carbons (Fsp3) is 0.143. The third kappa shape index (κ3) is 3.35. The number of benzene rings is 2. The third-order valence-electron chi connectivity index (χ3n) is 4.44. The number of quaternary nitrogens is 1. The Bertz CT molecular complexity index is 986. The van der Waals surface area contributed by atoms with Crippen molar-refractivity contribution in [2.45, 2.75) is 13.0 Å². The van der Waals surface area contributed by atoms with E-state index < -0.39 is 0 Å². The molecule has 0 amide bonds. The molecule has 3 N–H and O–H groups in total.